The first-order valence-electron chi connectivity index (χ1n) is 10.6. The maximum absolute atomic E-state index is 12.5. The van der Waals surface area contributed by atoms with Crippen molar-refractivity contribution >= 4 is 40.2 Å². The topological polar surface area (TPSA) is 54.1 Å². The number of ether oxygens (including phenoxy) is 1. The summed E-state index contributed by atoms with van der Waals surface area (Å²) in [7, 11) is 0. The third-order valence-electron chi connectivity index (χ3n) is 4.91. The van der Waals surface area contributed by atoms with Gasteiger partial charge >= 0.3 is 0 Å². The van der Waals surface area contributed by atoms with E-state index in [1.165, 1.54) is 10.3 Å². The van der Waals surface area contributed by atoms with Crippen molar-refractivity contribution in [2.75, 3.05) is 12.3 Å². The van der Waals surface area contributed by atoms with Gasteiger partial charge in [0.25, 0.3) is 5.91 Å². The highest BCUT2D eigenvalue weighted by Gasteiger charge is 2.14. The number of aromatic amines is 1. The molecule has 0 fully saturated rings. The van der Waals surface area contributed by atoms with Gasteiger partial charge in [-0.15, -0.1) is 11.8 Å². The molecule has 0 aliphatic rings. The Labute approximate surface area is 197 Å². The second-order valence-electron chi connectivity index (χ2n) is 7.68. The summed E-state index contributed by atoms with van der Waals surface area (Å²) in [6.45, 7) is 4.52. The Balaban J connectivity index is 1.41. The number of halogens is 1. The molecule has 0 radical (unpaired) electrons. The summed E-state index contributed by atoms with van der Waals surface area (Å²) in [6.07, 6.45) is 0.106. The highest BCUT2D eigenvalue weighted by Crippen LogP contribution is 2.37. The standard InChI is InChI=1S/C26H25ClN2O2S/c1-17(2)31-21-13-9-19(10-14-21)26(30)28-15-16-32-25-22-5-3-4-6-23(22)29-24(25)18-7-11-20(27)12-8-18/h3-14,17,29H,15-16H2,1-2H3,(H,28,30). The quantitative estimate of drug-likeness (QED) is 0.223. The van der Waals surface area contributed by atoms with Crippen molar-refractivity contribution in [1.29, 1.82) is 0 Å². The molecule has 164 valence electrons. The minimum atomic E-state index is -0.0847. The minimum absolute atomic E-state index is 0.0847. The van der Waals surface area contributed by atoms with Crippen molar-refractivity contribution in [2.24, 2.45) is 0 Å². The number of hydrogen-bond donors (Lipinski definition) is 2. The molecule has 6 heteroatoms. The number of benzene rings is 3. The van der Waals surface area contributed by atoms with Crippen LogP contribution in [0, 0.1) is 0 Å². The van der Waals surface area contributed by atoms with Gasteiger partial charge in [-0.1, -0.05) is 41.9 Å². The van der Waals surface area contributed by atoms with Crippen molar-refractivity contribution in [3.63, 3.8) is 0 Å². The lowest BCUT2D eigenvalue weighted by atomic mass is 10.1. The average Bonchev–Trinajstić information content (AvgIpc) is 3.16. The molecule has 0 atom stereocenters. The highest BCUT2D eigenvalue weighted by molar-refractivity contribution is 7.99. The number of nitrogens with one attached hydrogen (secondary N) is 2. The first-order chi connectivity index (χ1) is 15.5. The molecule has 1 aromatic heterocycles. The molecule has 3 aromatic carbocycles. The van der Waals surface area contributed by atoms with Crippen LogP contribution in [-0.2, 0) is 0 Å². The molecule has 4 rings (SSSR count). The molecule has 0 saturated heterocycles. The number of carbonyl (C=O) groups is 1. The molecule has 4 aromatic rings. The summed E-state index contributed by atoms with van der Waals surface area (Å²) in [6, 6.07) is 23.3. The summed E-state index contributed by atoms with van der Waals surface area (Å²) in [5.74, 6) is 1.43. The van der Waals surface area contributed by atoms with E-state index in [4.69, 9.17) is 16.3 Å². The Morgan fingerprint density at radius 1 is 1.03 bits per heavy atom. The number of carbonyl (C=O) groups excluding carboxylic acids is 1. The average molecular weight is 465 g/mol. The SMILES string of the molecule is CC(C)Oc1ccc(C(=O)NCCSc2c(-c3ccc(Cl)cc3)[nH]c3ccccc23)cc1. The molecular weight excluding hydrogens is 440 g/mol. The fourth-order valence-corrected chi connectivity index (χ4v) is 4.64. The van der Waals surface area contributed by atoms with Gasteiger partial charge in [-0.2, -0.15) is 0 Å². The largest absolute Gasteiger partial charge is 0.491 e. The Bertz CT molecular complexity index is 1200. The number of amides is 1. The van der Waals surface area contributed by atoms with E-state index in [9.17, 15) is 4.79 Å². The van der Waals surface area contributed by atoms with E-state index >= 15 is 0 Å². The van der Waals surface area contributed by atoms with Gasteiger partial charge < -0.3 is 15.0 Å². The van der Waals surface area contributed by atoms with E-state index in [0.717, 1.165) is 28.3 Å². The fourth-order valence-electron chi connectivity index (χ4n) is 3.46. The summed E-state index contributed by atoms with van der Waals surface area (Å²) >= 11 is 7.80. The molecule has 1 amide bonds. The van der Waals surface area contributed by atoms with Crippen LogP contribution in [0.2, 0.25) is 5.02 Å². The Kier molecular flexibility index (Phi) is 7.08. The van der Waals surface area contributed by atoms with Crippen LogP contribution in [0.1, 0.15) is 24.2 Å². The Morgan fingerprint density at radius 3 is 2.47 bits per heavy atom. The van der Waals surface area contributed by atoms with E-state index < -0.39 is 0 Å². The monoisotopic (exact) mass is 464 g/mol. The molecule has 1 heterocycles. The number of hydrogen-bond acceptors (Lipinski definition) is 3. The fraction of sp³-hybridized carbons (Fsp3) is 0.192. The van der Waals surface area contributed by atoms with Crippen molar-refractivity contribution in [3.8, 4) is 17.0 Å². The van der Waals surface area contributed by atoms with Gasteiger partial charge in [-0.3, -0.25) is 4.79 Å². The first-order valence-corrected chi connectivity index (χ1v) is 11.9. The number of rotatable bonds is 8. The van der Waals surface area contributed by atoms with Crippen molar-refractivity contribution in [2.45, 2.75) is 24.8 Å². The second kappa shape index (κ2) is 10.2. The van der Waals surface area contributed by atoms with E-state index in [1.54, 1.807) is 23.9 Å². The van der Waals surface area contributed by atoms with Gasteiger partial charge in [0.05, 0.1) is 11.8 Å². The molecule has 0 spiro atoms. The number of para-hydroxylation sites is 1. The molecule has 0 aliphatic carbocycles. The summed E-state index contributed by atoms with van der Waals surface area (Å²) in [4.78, 5) is 17.2. The van der Waals surface area contributed by atoms with Gasteiger partial charge in [0.15, 0.2) is 0 Å². The molecule has 4 nitrogen and oxygen atoms in total. The van der Waals surface area contributed by atoms with Crippen LogP contribution >= 0.6 is 23.4 Å². The summed E-state index contributed by atoms with van der Waals surface area (Å²) in [5, 5.41) is 4.90. The lowest BCUT2D eigenvalue weighted by Crippen LogP contribution is -2.25. The van der Waals surface area contributed by atoms with Crippen molar-refractivity contribution < 1.29 is 9.53 Å². The van der Waals surface area contributed by atoms with Crippen LogP contribution in [-0.4, -0.2) is 29.3 Å². The third-order valence-corrected chi connectivity index (χ3v) is 6.29. The van der Waals surface area contributed by atoms with Crippen LogP contribution in [0.3, 0.4) is 0 Å². The van der Waals surface area contributed by atoms with Crippen LogP contribution < -0.4 is 10.1 Å². The molecule has 0 aliphatic heterocycles. The number of H-pyrrole nitrogens is 1. The van der Waals surface area contributed by atoms with E-state index in [-0.39, 0.29) is 12.0 Å². The zero-order valence-electron chi connectivity index (χ0n) is 18.0. The molecule has 0 bridgehead atoms. The van der Waals surface area contributed by atoms with Crippen LogP contribution in [0.15, 0.2) is 77.7 Å². The lowest BCUT2D eigenvalue weighted by Gasteiger charge is -2.10. The lowest BCUT2D eigenvalue weighted by molar-refractivity contribution is 0.0956. The molecule has 2 N–H and O–H groups in total. The van der Waals surface area contributed by atoms with Gasteiger partial charge in [-0.05, 0) is 61.9 Å². The van der Waals surface area contributed by atoms with Crippen LogP contribution in [0.4, 0.5) is 0 Å². The molecule has 0 unspecified atom stereocenters. The maximum atomic E-state index is 12.5. The van der Waals surface area contributed by atoms with Gasteiger partial charge in [0.1, 0.15) is 5.75 Å². The second-order valence-corrected chi connectivity index (χ2v) is 9.22. The zero-order valence-corrected chi connectivity index (χ0v) is 19.6. The van der Waals surface area contributed by atoms with Crippen molar-refractivity contribution in [1.82, 2.24) is 10.3 Å². The third kappa shape index (κ3) is 5.29. The number of aromatic nitrogens is 1. The number of fused-ring (bicyclic) bond motifs is 1. The van der Waals surface area contributed by atoms with Gasteiger partial charge in [0, 0.05) is 38.7 Å². The van der Waals surface area contributed by atoms with Crippen molar-refractivity contribution in [3.05, 3.63) is 83.4 Å². The molecular formula is C26H25ClN2O2S. The zero-order chi connectivity index (χ0) is 22.5. The summed E-state index contributed by atoms with van der Waals surface area (Å²) in [5.41, 5.74) is 3.87. The van der Waals surface area contributed by atoms with E-state index in [1.807, 2.05) is 62.4 Å². The van der Waals surface area contributed by atoms with Gasteiger partial charge in [-0.25, -0.2) is 0 Å². The van der Waals surface area contributed by atoms with E-state index in [0.29, 0.717) is 17.1 Å². The highest BCUT2D eigenvalue weighted by atomic mass is 35.5. The smallest absolute Gasteiger partial charge is 0.251 e. The summed E-state index contributed by atoms with van der Waals surface area (Å²) < 4.78 is 5.63. The minimum Gasteiger partial charge on any atom is -0.491 e. The molecule has 0 saturated carbocycles. The first kappa shape index (κ1) is 22.3. The number of thioether (sulfide) groups is 1. The van der Waals surface area contributed by atoms with E-state index in [2.05, 4.69) is 22.4 Å². The Morgan fingerprint density at radius 2 is 1.75 bits per heavy atom. The van der Waals surface area contributed by atoms with Gasteiger partial charge in [0.2, 0.25) is 0 Å². The maximum Gasteiger partial charge on any atom is 0.251 e. The molecule has 32 heavy (non-hydrogen) atoms. The normalized spacial score (nSPS) is 11.1. The van der Waals surface area contributed by atoms with Crippen LogP contribution in [0.5, 0.6) is 5.75 Å². The predicted molar refractivity (Wildman–Crippen MR) is 134 cm³/mol. The predicted octanol–water partition coefficient (Wildman–Crippen LogP) is 6.80. The Hall–Kier alpha value is -2.89. The van der Waals surface area contributed by atoms with Crippen LogP contribution in [0.25, 0.3) is 22.2 Å².